The second kappa shape index (κ2) is 6.41. The molecule has 114 valence electrons. The van der Waals surface area contributed by atoms with Crippen LogP contribution in [0.25, 0.3) is 0 Å². The summed E-state index contributed by atoms with van der Waals surface area (Å²) in [5.74, 6) is -0.192. The van der Waals surface area contributed by atoms with E-state index in [9.17, 15) is 9.90 Å². The molecule has 0 spiro atoms. The topological polar surface area (TPSA) is 108 Å². The van der Waals surface area contributed by atoms with Crippen molar-refractivity contribution in [2.45, 2.75) is 38.1 Å². The largest absolute Gasteiger partial charge is 0.409 e. The van der Waals surface area contributed by atoms with E-state index in [1.807, 2.05) is 0 Å². The molecule has 7 nitrogen and oxygen atoms in total. The highest BCUT2D eigenvalue weighted by molar-refractivity contribution is 6.07. The molecular weight excluding hydrogens is 262 g/mol. The maximum absolute atomic E-state index is 12.9. The van der Waals surface area contributed by atoms with Crippen molar-refractivity contribution in [3.8, 4) is 0 Å². The highest BCUT2D eigenvalue weighted by Crippen LogP contribution is 2.36. The molecule has 4 N–H and O–H groups in total. The van der Waals surface area contributed by atoms with Crippen LogP contribution >= 0.6 is 0 Å². The van der Waals surface area contributed by atoms with Gasteiger partial charge in [-0.3, -0.25) is 4.79 Å². The number of ether oxygens (including phenoxy) is 1. The van der Waals surface area contributed by atoms with E-state index in [4.69, 9.17) is 15.7 Å². The predicted molar refractivity (Wildman–Crippen MR) is 72.3 cm³/mol. The first-order chi connectivity index (χ1) is 9.65. The summed E-state index contributed by atoms with van der Waals surface area (Å²) < 4.78 is 5.30. The number of aliphatic hydroxyl groups is 1. The van der Waals surface area contributed by atoms with Crippen LogP contribution in [0.2, 0.25) is 0 Å². The van der Waals surface area contributed by atoms with Gasteiger partial charge in [0.2, 0.25) is 5.91 Å². The number of carbonyl (C=O) groups excluding carboxylic acids is 1. The van der Waals surface area contributed by atoms with Crippen LogP contribution in [-0.2, 0) is 9.53 Å². The summed E-state index contributed by atoms with van der Waals surface area (Å²) >= 11 is 0. The number of aliphatic hydroxyl groups excluding tert-OH is 1. The highest BCUT2D eigenvalue weighted by atomic mass is 16.5. The van der Waals surface area contributed by atoms with E-state index in [0.29, 0.717) is 32.6 Å². The quantitative estimate of drug-likeness (QED) is 0.283. The number of amides is 1. The minimum absolute atomic E-state index is 0.0481. The zero-order valence-corrected chi connectivity index (χ0v) is 11.6. The number of oxime groups is 1. The number of carbonyl (C=O) groups is 1. The Labute approximate surface area is 118 Å². The fourth-order valence-corrected chi connectivity index (χ4v) is 2.93. The molecule has 0 aromatic carbocycles. The summed E-state index contributed by atoms with van der Waals surface area (Å²) in [6.07, 6.45) is 3.83. The van der Waals surface area contributed by atoms with Crippen molar-refractivity contribution in [2.24, 2.45) is 16.3 Å². The van der Waals surface area contributed by atoms with E-state index in [2.05, 4.69) is 5.16 Å². The van der Waals surface area contributed by atoms with Gasteiger partial charge in [0.1, 0.15) is 5.41 Å². The van der Waals surface area contributed by atoms with E-state index in [0.717, 1.165) is 19.3 Å². The first kappa shape index (κ1) is 15.1. The summed E-state index contributed by atoms with van der Waals surface area (Å²) in [7, 11) is 0. The molecule has 1 heterocycles. The second-order valence-electron chi connectivity index (χ2n) is 5.49. The molecule has 1 aliphatic heterocycles. The third-order valence-corrected chi connectivity index (χ3v) is 4.47. The average molecular weight is 285 g/mol. The van der Waals surface area contributed by atoms with E-state index >= 15 is 0 Å². The van der Waals surface area contributed by atoms with Crippen LogP contribution in [0.4, 0.5) is 0 Å². The summed E-state index contributed by atoms with van der Waals surface area (Å²) in [5.41, 5.74) is 4.82. The normalized spacial score (nSPS) is 23.1. The van der Waals surface area contributed by atoms with Gasteiger partial charge in [-0.05, 0) is 32.1 Å². The Balaban J connectivity index is 2.23. The molecule has 1 aliphatic carbocycles. The van der Waals surface area contributed by atoms with Gasteiger partial charge in [0.05, 0.1) is 6.61 Å². The van der Waals surface area contributed by atoms with Gasteiger partial charge in [-0.2, -0.15) is 0 Å². The van der Waals surface area contributed by atoms with Crippen LogP contribution in [-0.4, -0.2) is 59.4 Å². The lowest BCUT2D eigenvalue weighted by Gasteiger charge is -2.44. The van der Waals surface area contributed by atoms with Crippen molar-refractivity contribution in [3.05, 3.63) is 0 Å². The van der Waals surface area contributed by atoms with Gasteiger partial charge in [0, 0.05) is 25.8 Å². The van der Waals surface area contributed by atoms with Crippen LogP contribution in [0, 0.1) is 5.41 Å². The molecule has 0 unspecified atom stereocenters. The molecule has 0 radical (unpaired) electrons. The van der Waals surface area contributed by atoms with Crippen LogP contribution in [0.5, 0.6) is 0 Å². The number of hydrogen-bond acceptors (Lipinski definition) is 5. The maximum atomic E-state index is 12.9. The number of amidine groups is 1. The number of rotatable bonds is 5. The van der Waals surface area contributed by atoms with Gasteiger partial charge in [-0.25, -0.2) is 0 Å². The van der Waals surface area contributed by atoms with Crippen molar-refractivity contribution >= 4 is 11.7 Å². The predicted octanol–water partition coefficient (Wildman–Crippen LogP) is -0.0970. The maximum Gasteiger partial charge on any atom is 0.237 e. The van der Waals surface area contributed by atoms with Gasteiger partial charge in [0.15, 0.2) is 5.84 Å². The third kappa shape index (κ3) is 2.60. The molecule has 0 aromatic rings. The van der Waals surface area contributed by atoms with E-state index < -0.39 is 5.41 Å². The molecular formula is C13H23N3O4. The van der Waals surface area contributed by atoms with Gasteiger partial charge in [-0.15, -0.1) is 0 Å². The molecule has 0 aromatic heterocycles. The highest BCUT2D eigenvalue weighted by Gasteiger charge is 2.48. The standard InChI is InChI=1S/C13H23N3O4/c14-11(15-19)13(4-8-20-9-5-13)12(18)16(6-7-17)10-2-1-3-10/h10,17,19H,1-9H2,(H2,14,15). The lowest BCUT2D eigenvalue weighted by molar-refractivity contribution is -0.147. The smallest absolute Gasteiger partial charge is 0.237 e. The first-order valence-corrected chi connectivity index (χ1v) is 7.13. The zero-order valence-electron chi connectivity index (χ0n) is 11.6. The van der Waals surface area contributed by atoms with E-state index in [1.54, 1.807) is 4.90 Å². The lowest BCUT2D eigenvalue weighted by atomic mass is 9.76. The monoisotopic (exact) mass is 285 g/mol. The molecule has 0 bridgehead atoms. The summed E-state index contributed by atoms with van der Waals surface area (Å²) in [6.45, 7) is 1.05. The number of nitrogens with zero attached hydrogens (tertiary/aromatic N) is 2. The lowest BCUT2D eigenvalue weighted by Crippen LogP contribution is -2.58. The Hall–Kier alpha value is -1.34. The Morgan fingerprint density at radius 3 is 2.50 bits per heavy atom. The Bertz CT molecular complexity index is 376. The number of nitrogens with two attached hydrogens (primary N) is 1. The SMILES string of the molecule is NC(=NO)C1(C(=O)N(CCO)C2CCC2)CCOCC1. The Kier molecular flexibility index (Phi) is 4.82. The summed E-state index contributed by atoms with van der Waals surface area (Å²) in [4.78, 5) is 14.6. The van der Waals surface area contributed by atoms with Crippen LogP contribution in [0.3, 0.4) is 0 Å². The van der Waals surface area contributed by atoms with Gasteiger partial charge in [0.25, 0.3) is 0 Å². The first-order valence-electron chi connectivity index (χ1n) is 7.13. The van der Waals surface area contributed by atoms with Crippen LogP contribution in [0.15, 0.2) is 5.16 Å². The third-order valence-electron chi connectivity index (χ3n) is 4.47. The molecule has 20 heavy (non-hydrogen) atoms. The Morgan fingerprint density at radius 2 is 2.05 bits per heavy atom. The van der Waals surface area contributed by atoms with Gasteiger partial charge >= 0.3 is 0 Å². The fraction of sp³-hybridized carbons (Fsp3) is 0.846. The van der Waals surface area contributed by atoms with Crippen molar-refractivity contribution < 1.29 is 19.8 Å². The number of hydrogen-bond donors (Lipinski definition) is 3. The van der Waals surface area contributed by atoms with Crippen LogP contribution in [0.1, 0.15) is 32.1 Å². The molecule has 1 amide bonds. The second-order valence-corrected chi connectivity index (χ2v) is 5.49. The molecule has 1 saturated heterocycles. The van der Waals surface area contributed by atoms with Gasteiger partial charge in [-0.1, -0.05) is 5.16 Å². The molecule has 2 rings (SSSR count). The van der Waals surface area contributed by atoms with Crippen molar-refractivity contribution in [1.82, 2.24) is 4.90 Å². The fourth-order valence-electron chi connectivity index (χ4n) is 2.93. The van der Waals surface area contributed by atoms with Crippen molar-refractivity contribution in [3.63, 3.8) is 0 Å². The summed E-state index contributed by atoms with van der Waals surface area (Å²) in [6, 6.07) is 0.167. The molecule has 2 fully saturated rings. The molecule has 1 saturated carbocycles. The van der Waals surface area contributed by atoms with E-state index in [-0.39, 0.29) is 24.4 Å². The Morgan fingerprint density at radius 1 is 1.40 bits per heavy atom. The molecule has 2 aliphatic rings. The summed E-state index contributed by atoms with van der Waals surface area (Å²) in [5, 5.41) is 21.3. The van der Waals surface area contributed by atoms with Crippen molar-refractivity contribution in [1.29, 1.82) is 0 Å². The molecule has 0 atom stereocenters. The zero-order chi connectivity index (χ0) is 14.6. The van der Waals surface area contributed by atoms with Gasteiger partial charge < -0.3 is 25.7 Å². The minimum Gasteiger partial charge on any atom is -0.409 e. The van der Waals surface area contributed by atoms with Crippen LogP contribution < -0.4 is 5.73 Å². The average Bonchev–Trinajstić information content (AvgIpc) is 2.44. The van der Waals surface area contributed by atoms with E-state index in [1.165, 1.54) is 0 Å². The molecule has 7 heteroatoms. The minimum atomic E-state index is -0.988. The van der Waals surface area contributed by atoms with Crippen molar-refractivity contribution in [2.75, 3.05) is 26.4 Å².